The van der Waals surface area contributed by atoms with Crippen molar-refractivity contribution in [3.63, 3.8) is 0 Å². The van der Waals surface area contributed by atoms with E-state index < -0.39 is 0 Å². The molecule has 1 atom stereocenters. The molecule has 22 heavy (non-hydrogen) atoms. The van der Waals surface area contributed by atoms with Gasteiger partial charge in [0.2, 0.25) is 11.9 Å². The Labute approximate surface area is 132 Å². The quantitative estimate of drug-likeness (QED) is 0.710. The second-order valence-electron chi connectivity index (χ2n) is 4.54. The number of aromatic amines is 1. The molecule has 0 aliphatic heterocycles. The second kappa shape index (κ2) is 6.91. The number of nitrogens with one attached hydrogen (secondary N) is 2. The number of hydrogen-bond acceptors (Lipinski definition) is 4. The number of rotatable bonds is 5. The minimum absolute atomic E-state index is 0.142. The smallest absolute Gasteiger partial charge is 0.244 e. The summed E-state index contributed by atoms with van der Waals surface area (Å²) in [5.41, 5.74) is 0.938. The molecule has 6 heteroatoms. The van der Waals surface area contributed by atoms with Crippen LogP contribution in [0.4, 0.5) is 5.95 Å². The van der Waals surface area contributed by atoms with E-state index in [9.17, 15) is 4.79 Å². The van der Waals surface area contributed by atoms with Gasteiger partial charge in [-0.05, 0) is 17.7 Å². The van der Waals surface area contributed by atoms with Crippen LogP contribution in [0.25, 0.3) is 0 Å². The molecule has 1 amide bonds. The zero-order valence-electron chi connectivity index (χ0n) is 11.6. The molecule has 0 saturated carbocycles. The Morgan fingerprint density at radius 3 is 2.36 bits per heavy atom. The molecule has 110 valence electrons. The number of thioether (sulfide) groups is 1. The van der Waals surface area contributed by atoms with Gasteiger partial charge in [0.15, 0.2) is 0 Å². The van der Waals surface area contributed by atoms with E-state index in [1.54, 1.807) is 0 Å². The number of carbonyl (C=O) groups is 1. The number of aromatic nitrogens is 3. The van der Waals surface area contributed by atoms with E-state index in [2.05, 4.69) is 20.5 Å². The summed E-state index contributed by atoms with van der Waals surface area (Å²) in [5, 5.41) is 8.75. The maximum absolute atomic E-state index is 12.6. The summed E-state index contributed by atoms with van der Waals surface area (Å²) < 4.78 is 0. The number of benzene rings is 2. The average molecular weight is 310 g/mol. The predicted octanol–water partition coefficient (Wildman–Crippen LogP) is 3.28. The van der Waals surface area contributed by atoms with Crippen LogP contribution in [-0.4, -0.2) is 21.1 Å². The van der Waals surface area contributed by atoms with E-state index in [4.69, 9.17) is 0 Å². The molecule has 0 aliphatic carbocycles. The first-order valence-corrected chi connectivity index (χ1v) is 7.64. The lowest BCUT2D eigenvalue weighted by atomic mass is 10.1. The Morgan fingerprint density at radius 1 is 1.05 bits per heavy atom. The van der Waals surface area contributed by atoms with Crippen molar-refractivity contribution >= 4 is 23.6 Å². The SMILES string of the molecule is O=C(Nc1ncn[nH]1)[C@H](Sc1ccccc1)c1ccccc1. The van der Waals surface area contributed by atoms with Crippen LogP contribution in [-0.2, 0) is 4.79 Å². The van der Waals surface area contributed by atoms with Gasteiger partial charge < -0.3 is 0 Å². The molecular weight excluding hydrogens is 296 g/mol. The van der Waals surface area contributed by atoms with Crippen LogP contribution in [0.5, 0.6) is 0 Å². The first-order chi connectivity index (χ1) is 10.8. The zero-order valence-corrected chi connectivity index (χ0v) is 12.5. The van der Waals surface area contributed by atoms with E-state index in [-0.39, 0.29) is 11.2 Å². The molecule has 3 aromatic rings. The highest BCUT2D eigenvalue weighted by atomic mass is 32.2. The van der Waals surface area contributed by atoms with Crippen LogP contribution < -0.4 is 5.32 Å². The molecular formula is C16H14N4OS. The van der Waals surface area contributed by atoms with Crippen LogP contribution in [0.2, 0.25) is 0 Å². The Morgan fingerprint density at radius 2 is 1.73 bits per heavy atom. The van der Waals surface area contributed by atoms with Crippen LogP contribution in [0, 0.1) is 0 Å². The number of H-pyrrole nitrogens is 1. The highest BCUT2D eigenvalue weighted by molar-refractivity contribution is 8.00. The van der Waals surface area contributed by atoms with Gasteiger partial charge in [0.05, 0.1) is 0 Å². The summed E-state index contributed by atoms with van der Waals surface area (Å²) in [7, 11) is 0. The molecule has 0 fully saturated rings. The van der Waals surface area contributed by atoms with Crippen LogP contribution in [0.1, 0.15) is 10.8 Å². The molecule has 0 saturated heterocycles. The van der Waals surface area contributed by atoms with Crippen molar-refractivity contribution in [1.82, 2.24) is 15.2 Å². The minimum atomic E-state index is -0.367. The largest absolute Gasteiger partial charge is 0.294 e. The highest BCUT2D eigenvalue weighted by Gasteiger charge is 2.22. The molecule has 3 rings (SSSR count). The van der Waals surface area contributed by atoms with E-state index in [1.807, 2.05) is 60.7 Å². The highest BCUT2D eigenvalue weighted by Crippen LogP contribution is 2.35. The van der Waals surface area contributed by atoms with E-state index >= 15 is 0 Å². The number of carbonyl (C=O) groups excluding carboxylic acids is 1. The van der Waals surface area contributed by atoms with Gasteiger partial charge >= 0.3 is 0 Å². The summed E-state index contributed by atoms with van der Waals surface area (Å²) >= 11 is 1.50. The third-order valence-corrected chi connectivity index (χ3v) is 4.26. The van der Waals surface area contributed by atoms with Gasteiger partial charge in [0, 0.05) is 4.90 Å². The second-order valence-corrected chi connectivity index (χ2v) is 5.72. The van der Waals surface area contributed by atoms with Gasteiger partial charge in [-0.2, -0.15) is 10.1 Å². The maximum atomic E-state index is 12.6. The van der Waals surface area contributed by atoms with Gasteiger partial charge in [0.25, 0.3) is 0 Å². The molecule has 1 heterocycles. The predicted molar refractivity (Wildman–Crippen MR) is 86.5 cm³/mol. The lowest BCUT2D eigenvalue weighted by Gasteiger charge is -2.16. The molecule has 0 bridgehead atoms. The Balaban J connectivity index is 1.84. The first kappa shape index (κ1) is 14.3. The van der Waals surface area contributed by atoms with Crippen LogP contribution >= 0.6 is 11.8 Å². The van der Waals surface area contributed by atoms with Crippen molar-refractivity contribution in [2.75, 3.05) is 5.32 Å². The summed E-state index contributed by atoms with van der Waals surface area (Å²) in [6, 6.07) is 19.5. The summed E-state index contributed by atoms with van der Waals surface area (Å²) in [5.74, 6) is 0.205. The molecule has 2 aromatic carbocycles. The number of hydrogen-bond donors (Lipinski definition) is 2. The molecule has 5 nitrogen and oxygen atoms in total. The standard InChI is InChI=1S/C16H14N4OS/c21-15(19-16-17-11-18-20-16)14(12-7-3-1-4-8-12)22-13-9-5-2-6-10-13/h1-11,14H,(H2,17,18,19,20,21)/t14-/m1/s1. The Hall–Kier alpha value is -2.60. The Bertz CT molecular complexity index is 716. The lowest BCUT2D eigenvalue weighted by Crippen LogP contribution is -2.19. The molecule has 0 aliphatic rings. The Kier molecular flexibility index (Phi) is 4.50. The van der Waals surface area contributed by atoms with Gasteiger partial charge in [-0.3, -0.25) is 10.1 Å². The third-order valence-electron chi connectivity index (χ3n) is 2.99. The number of amides is 1. The van der Waals surface area contributed by atoms with E-state index in [0.29, 0.717) is 5.95 Å². The van der Waals surface area contributed by atoms with Crippen LogP contribution in [0.15, 0.2) is 71.9 Å². The fraction of sp³-hybridized carbons (Fsp3) is 0.0625. The number of anilines is 1. The monoisotopic (exact) mass is 310 g/mol. The maximum Gasteiger partial charge on any atom is 0.244 e. The first-order valence-electron chi connectivity index (χ1n) is 6.76. The summed E-state index contributed by atoms with van der Waals surface area (Å²) in [6.07, 6.45) is 1.36. The van der Waals surface area contributed by atoms with E-state index in [1.165, 1.54) is 18.1 Å². The zero-order chi connectivity index (χ0) is 15.2. The van der Waals surface area contributed by atoms with Crippen molar-refractivity contribution in [2.45, 2.75) is 10.1 Å². The summed E-state index contributed by atoms with van der Waals surface area (Å²) in [6.45, 7) is 0. The fourth-order valence-corrected chi connectivity index (χ4v) is 3.03. The average Bonchev–Trinajstić information content (AvgIpc) is 3.07. The molecule has 2 N–H and O–H groups in total. The van der Waals surface area contributed by atoms with Gasteiger partial charge in [0.1, 0.15) is 11.6 Å². The van der Waals surface area contributed by atoms with Gasteiger partial charge in [-0.15, -0.1) is 11.8 Å². The van der Waals surface area contributed by atoms with Crippen molar-refractivity contribution in [3.05, 3.63) is 72.6 Å². The molecule has 0 radical (unpaired) electrons. The normalized spacial score (nSPS) is 11.8. The lowest BCUT2D eigenvalue weighted by molar-refractivity contribution is -0.115. The van der Waals surface area contributed by atoms with Crippen molar-refractivity contribution in [3.8, 4) is 0 Å². The molecule has 0 unspecified atom stereocenters. The molecule has 0 spiro atoms. The van der Waals surface area contributed by atoms with Crippen molar-refractivity contribution in [1.29, 1.82) is 0 Å². The summed E-state index contributed by atoms with van der Waals surface area (Å²) in [4.78, 5) is 17.6. The fourth-order valence-electron chi connectivity index (χ4n) is 1.98. The minimum Gasteiger partial charge on any atom is -0.294 e. The van der Waals surface area contributed by atoms with Gasteiger partial charge in [-0.25, -0.2) is 5.10 Å². The van der Waals surface area contributed by atoms with Gasteiger partial charge in [-0.1, -0.05) is 48.5 Å². The van der Waals surface area contributed by atoms with Crippen molar-refractivity contribution in [2.24, 2.45) is 0 Å². The van der Waals surface area contributed by atoms with E-state index in [0.717, 1.165) is 10.5 Å². The number of nitrogens with zero attached hydrogens (tertiary/aromatic N) is 2. The third kappa shape index (κ3) is 3.53. The van der Waals surface area contributed by atoms with Crippen molar-refractivity contribution < 1.29 is 4.79 Å². The topological polar surface area (TPSA) is 70.7 Å². The molecule has 1 aromatic heterocycles. The van der Waals surface area contributed by atoms with Crippen LogP contribution in [0.3, 0.4) is 0 Å².